The monoisotopic (exact) mass is 111 g/mol. The Kier molecular flexibility index (Phi) is 0.713. The molecular formula is C5H9N3. The molecular weight excluding hydrogens is 102 g/mol. The van der Waals surface area contributed by atoms with Crippen LogP contribution in [0.2, 0.25) is 0 Å². The fourth-order valence-electron chi connectivity index (χ4n) is 1.15. The Morgan fingerprint density at radius 3 is 2.00 bits per heavy atom. The largest absolute Gasteiger partial charge is 0.315 e. The number of nitrogens with one attached hydrogen (secondary N) is 1. The van der Waals surface area contributed by atoms with Gasteiger partial charge in [0, 0.05) is 18.5 Å². The lowest BCUT2D eigenvalue weighted by Crippen LogP contribution is -2.55. The van der Waals surface area contributed by atoms with Crippen molar-refractivity contribution >= 4 is 0 Å². The van der Waals surface area contributed by atoms with Gasteiger partial charge in [-0.15, -0.1) is 0 Å². The predicted molar refractivity (Wildman–Crippen MR) is 29.9 cm³/mol. The van der Waals surface area contributed by atoms with Crippen LogP contribution in [0.15, 0.2) is 10.2 Å². The minimum atomic E-state index is 0.472. The first-order valence-corrected chi connectivity index (χ1v) is 2.95. The van der Waals surface area contributed by atoms with Crippen LogP contribution in [0.3, 0.4) is 0 Å². The maximum absolute atomic E-state index is 3.94. The minimum absolute atomic E-state index is 0.472. The van der Waals surface area contributed by atoms with Gasteiger partial charge in [-0.1, -0.05) is 0 Å². The summed E-state index contributed by atoms with van der Waals surface area (Å²) in [5.74, 6) is 0. The highest BCUT2D eigenvalue weighted by Crippen LogP contribution is 2.27. The number of azo groups is 1. The summed E-state index contributed by atoms with van der Waals surface area (Å²) < 4.78 is 0. The van der Waals surface area contributed by atoms with E-state index in [2.05, 4.69) is 15.5 Å². The molecule has 0 atom stereocenters. The Morgan fingerprint density at radius 2 is 1.75 bits per heavy atom. The first kappa shape index (κ1) is 4.44. The molecule has 1 spiro atoms. The van der Waals surface area contributed by atoms with E-state index in [-0.39, 0.29) is 0 Å². The fourth-order valence-corrected chi connectivity index (χ4v) is 1.15. The standard InChI is InChI=1S/C5H9N3/c1-5(2-6-1)3-7-8-4-5/h6H,1-4H2. The van der Waals surface area contributed by atoms with E-state index in [4.69, 9.17) is 0 Å². The molecule has 0 unspecified atom stereocenters. The summed E-state index contributed by atoms with van der Waals surface area (Å²) in [4.78, 5) is 0. The van der Waals surface area contributed by atoms with Crippen LogP contribution in [0.5, 0.6) is 0 Å². The van der Waals surface area contributed by atoms with Crippen molar-refractivity contribution in [3.63, 3.8) is 0 Å². The van der Waals surface area contributed by atoms with Gasteiger partial charge in [0.1, 0.15) is 0 Å². The van der Waals surface area contributed by atoms with Crippen molar-refractivity contribution in [1.29, 1.82) is 0 Å². The Balaban J connectivity index is 2.06. The predicted octanol–water partition coefficient (Wildman–Crippen LogP) is 0.0418. The second-order valence-electron chi connectivity index (χ2n) is 2.70. The van der Waals surface area contributed by atoms with Crippen LogP contribution in [0.25, 0.3) is 0 Å². The topological polar surface area (TPSA) is 36.8 Å². The zero-order chi connectivity index (χ0) is 5.45. The summed E-state index contributed by atoms with van der Waals surface area (Å²) in [6.07, 6.45) is 0. The Labute approximate surface area is 48.2 Å². The van der Waals surface area contributed by atoms with Crippen molar-refractivity contribution in [3.05, 3.63) is 0 Å². The number of rotatable bonds is 0. The molecule has 1 saturated heterocycles. The van der Waals surface area contributed by atoms with Gasteiger partial charge in [0.2, 0.25) is 0 Å². The summed E-state index contributed by atoms with van der Waals surface area (Å²) in [6.45, 7) is 4.17. The second kappa shape index (κ2) is 1.29. The van der Waals surface area contributed by atoms with E-state index in [1.807, 2.05) is 0 Å². The van der Waals surface area contributed by atoms with Crippen LogP contribution in [0.4, 0.5) is 0 Å². The van der Waals surface area contributed by atoms with E-state index < -0.39 is 0 Å². The van der Waals surface area contributed by atoms with Gasteiger partial charge in [0.05, 0.1) is 13.1 Å². The molecule has 3 nitrogen and oxygen atoms in total. The first-order valence-electron chi connectivity index (χ1n) is 2.95. The second-order valence-corrected chi connectivity index (χ2v) is 2.70. The molecule has 2 aliphatic heterocycles. The maximum atomic E-state index is 3.94. The molecule has 0 saturated carbocycles. The zero-order valence-corrected chi connectivity index (χ0v) is 4.72. The van der Waals surface area contributed by atoms with Crippen molar-refractivity contribution < 1.29 is 0 Å². The van der Waals surface area contributed by atoms with E-state index >= 15 is 0 Å². The van der Waals surface area contributed by atoms with E-state index in [9.17, 15) is 0 Å². The average molecular weight is 111 g/mol. The van der Waals surface area contributed by atoms with Crippen molar-refractivity contribution in [3.8, 4) is 0 Å². The van der Waals surface area contributed by atoms with Crippen LogP contribution < -0.4 is 5.32 Å². The number of hydrogen-bond acceptors (Lipinski definition) is 3. The van der Waals surface area contributed by atoms with E-state index in [0.29, 0.717) is 5.41 Å². The Bertz CT molecular complexity index is 116. The van der Waals surface area contributed by atoms with E-state index in [0.717, 1.165) is 26.2 Å². The molecule has 0 amide bonds. The van der Waals surface area contributed by atoms with Crippen molar-refractivity contribution in [2.75, 3.05) is 26.2 Å². The Morgan fingerprint density at radius 1 is 1.12 bits per heavy atom. The van der Waals surface area contributed by atoms with Crippen LogP contribution in [-0.2, 0) is 0 Å². The van der Waals surface area contributed by atoms with Crippen LogP contribution in [0.1, 0.15) is 0 Å². The number of nitrogens with zero attached hydrogens (tertiary/aromatic N) is 2. The molecule has 0 aromatic heterocycles. The molecule has 1 N–H and O–H groups in total. The summed E-state index contributed by atoms with van der Waals surface area (Å²) in [7, 11) is 0. The lowest BCUT2D eigenvalue weighted by Gasteiger charge is -2.36. The lowest BCUT2D eigenvalue weighted by atomic mass is 9.83. The highest BCUT2D eigenvalue weighted by atomic mass is 15.2. The van der Waals surface area contributed by atoms with Gasteiger partial charge in [-0.25, -0.2) is 0 Å². The third-order valence-electron chi connectivity index (χ3n) is 1.91. The summed E-state index contributed by atoms with van der Waals surface area (Å²) in [5, 5.41) is 11.1. The Hall–Kier alpha value is -0.440. The third-order valence-corrected chi connectivity index (χ3v) is 1.91. The van der Waals surface area contributed by atoms with Crippen LogP contribution >= 0.6 is 0 Å². The van der Waals surface area contributed by atoms with E-state index in [1.54, 1.807) is 0 Å². The summed E-state index contributed by atoms with van der Waals surface area (Å²) in [6, 6.07) is 0. The molecule has 44 valence electrons. The van der Waals surface area contributed by atoms with Gasteiger partial charge in [-0.2, -0.15) is 10.2 Å². The molecule has 2 rings (SSSR count). The van der Waals surface area contributed by atoms with Gasteiger partial charge in [0.15, 0.2) is 0 Å². The highest BCUT2D eigenvalue weighted by Gasteiger charge is 2.39. The molecule has 3 heteroatoms. The molecule has 0 aliphatic carbocycles. The molecule has 0 bridgehead atoms. The molecule has 2 heterocycles. The third kappa shape index (κ3) is 0.422. The molecule has 0 radical (unpaired) electrons. The van der Waals surface area contributed by atoms with E-state index in [1.165, 1.54) is 0 Å². The smallest absolute Gasteiger partial charge is 0.0698 e. The SMILES string of the molecule is C1N=NCC12CNC2. The minimum Gasteiger partial charge on any atom is -0.315 e. The molecule has 2 aliphatic rings. The first-order chi connectivity index (χ1) is 3.91. The van der Waals surface area contributed by atoms with Crippen LogP contribution in [0, 0.1) is 5.41 Å². The summed E-state index contributed by atoms with van der Waals surface area (Å²) >= 11 is 0. The molecule has 0 aromatic carbocycles. The van der Waals surface area contributed by atoms with Gasteiger partial charge in [0.25, 0.3) is 0 Å². The van der Waals surface area contributed by atoms with Gasteiger partial charge < -0.3 is 5.32 Å². The van der Waals surface area contributed by atoms with Crippen LogP contribution in [-0.4, -0.2) is 26.2 Å². The van der Waals surface area contributed by atoms with Gasteiger partial charge >= 0.3 is 0 Å². The zero-order valence-electron chi connectivity index (χ0n) is 4.72. The quantitative estimate of drug-likeness (QED) is 0.471. The molecule has 1 fully saturated rings. The van der Waals surface area contributed by atoms with Gasteiger partial charge in [-0.05, 0) is 0 Å². The average Bonchev–Trinajstić information content (AvgIpc) is 2.07. The molecule has 8 heavy (non-hydrogen) atoms. The maximum Gasteiger partial charge on any atom is 0.0698 e. The fraction of sp³-hybridized carbons (Fsp3) is 1.00. The van der Waals surface area contributed by atoms with Gasteiger partial charge in [-0.3, -0.25) is 0 Å². The number of hydrogen-bond donors (Lipinski definition) is 1. The highest BCUT2D eigenvalue weighted by molar-refractivity contribution is 4.97. The summed E-state index contributed by atoms with van der Waals surface area (Å²) in [5.41, 5.74) is 0.472. The van der Waals surface area contributed by atoms with Crippen molar-refractivity contribution in [1.82, 2.24) is 5.32 Å². The molecule has 0 aromatic rings. The normalized spacial score (nSPS) is 31.0. The van der Waals surface area contributed by atoms with Crippen molar-refractivity contribution in [2.45, 2.75) is 0 Å². The van der Waals surface area contributed by atoms with Crippen molar-refractivity contribution in [2.24, 2.45) is 15.6 Å². The lowest BCUT2D eigenvalue weighted by molar-refractivity contribution is 0.212.